The SMILES string of the molecule is COc1ccc(-c2nnc(C)o2)cc1NC(=O)C1CCN(C(=O)c2ccccn2)CC1. The smallest absolute Gasteiger partial charge is 0.272 e. The molecule has 31 heavy (non-hydrogen) atoms. The highest BCUT2D eigenvalue weighted by molar-refractivity contribution is 5.95. The van der Waals surface area contributed by atoms with Crippen LogP contribution >= 0.6 is 0 Å². The van der Waals surface area contributed by atoms with Gasteiger partial charge >= 0.3 is 0 Å². The van der Waals surface area contributed by atoms with Gasteiger partial charge in [0.05, 0.1) is 12.8 Å². The van der Waals surface area contributed by atoms with Crippen LogP contribution in [-0.4, -0.2) is 52.1 Å². The van der Waals surface area contributed by atoms with E-state index in [1.165, 1.54) is 0 Å². The number of hydrogen-bond acceptors (Lipinski definition) is 7. The second kappa shape index (κ2) is 8.95. The molecule has 1 saturated heterocycles. The van der Waals surface area contributed by atoms with Gasteiger partial charge in [0.1, 0.15) is 11.4 Å². The van der Waals surface area contributed by atoms with Crippen molar-refractivity contribution < 1.29 is 18.7 Å². The number of benzene rings is 1. The Kier molecular flexibility index (Phi) is 5.92. The number of hydrogen-bond donors (Lipinski definition) is 1. The van der Waals surface area contributed by atoms with Crippen molar-refractivity contribution >= 4 is 17.5 Å². The molecule has 1 N–H and O–H groups in total. The summed E-state index contributed by atoms with van der Waals surface area (Å²) in [6.07, 6.45) is 2.76. The van der Waals surface area contributed by atoms with Gasteiger partial charge in [-0.3, -0.25) is 14.6 Å². The van der Waals surface area contributed by atoms with Gasteiger partial charge in [-0.05, 0) is 43.2 Å². The molecule has 1 aromatic carbocycles. The van der Waals surface area contributed by atoms with E-state index in [9.17, 15) is 9.59 Å². The van der Waals surface area contributed by atoms with E-state index in [4.69, 9.17) is 9.15 Å². The number of aryl methyl sites for hydroxylation is 1. The lowest BCUT2D eigenvalue weighted by Gasteiger charge is -2.31. The number of carbonyl (C=O) groups is 2. The Bertz CT molecular complexity index is 1070. The van der Waals surface area contributed by atoms with E-state index in [0.717, 1.165) is 0 Å². The lowest BCUT2D eigenvalue weighted by atomic mass is 9.95. The summed E-state index contributed by atoms with van der Waals surface area (Å²) in [7, 11) is 1.54. The zero-order chi connectivity index (χ0) is 21.8. The number of methoxy groups -OCH3 is 1. The molecule has 0 saturated carbocycles. The van der Waals surface area contributed by atoms with Crippen molar-refractivity contribution in [3.63, 3.8) is 0 Å². The quantitative estimate of drug-likeness (QED) is 0.674. The molecular weight excluding hydrogens is 398 g/mol. The molecule has 9 nitrogen and oxygen atoms in total. The number of ether oxygens (including phenoxy) is 1. The molecule has 1 aliphatic rings. The molecule has 4 rings (SSSR count). The maximum Gasteiger partial charge on any atom is 0.272 e. The summed E-state index contributed by atoms with van der Waals surface area (Å²) in [6.45, 7) is 2.73. The highest BCUT2D eigenvalue weighted by atomic mass is 16.5. The van der Waals surface area contributed by atoms with E-state index in [1.54, 1.807) is 61.5 Å². The summed E-state index contributed by atoms with van der Waals surface area (Å²) in [6, 6.07) is 10.6. The third kappa shape index (κ3) is 4.55. The van der Waals surface area contributed by atoms with Crippen LogP contribution in [0.4, 0.5) is 5.69 Å². The summed E-state index contributed by atoms with van der Waals surface area (Å²) in [4.78, 5) is 31.3. The minimum Gasteiger partial charge on any atom is -0.495 e. The first-order chi connectivity index (χ1) is 15.0. The lowest BCUT2D eigenvalue weighted by Crippen LogP contribution is -2.41. The van der Waals surface area contributed by atoms with E-state index in [0.29, 0.717) is 60.4 Å². The summed E-state index contributed by atoms with van der Waals surface area (Å²) in [5, 5.41) is 10.8. The van der Waals surface area contributed by atoms with Crippen LogP contribution < -0.4 is 10.1 Å². The predicted molar refractivity (Wildman–Crippen MR) is 113 cm³/mol. The van der Waals surface area contributed by atoms with Crippen molar-refractivity contribution in [3.05, 3.63) is 54.2 Å². The van der Waals surface area contributed by atoms with E-state index in [-0.39, 0.29) is 17.7 Å². The first kappa shape index (κ1) is 20.5. The van der Waals surface area contributed by atoms with Crippen LogP contribution in [-0.2, 0) is 4.79 Å². The summed E-state index contributed by atoms with van der Waals surface area (Å²) < 4.78 is 10.9. The van der Waals surface area contributed by atoms with Crippen LogP contribution in [0.5, 0.6) is 5.75 Å². The van der Waals surface area contributed by atoms with Crippen LogP contribution in [0.2, 0.25) is 0 Å². The van der Waals surface area contributed by atoms with E-state index in [2.05, 4.69) is 20.5 Å². The number of aromatic nitrogens is 3. The number of amides is 2. The van der Waals surface area contributed by atoms with Gasteiger partial charge in [-0.15, -0.1) is 10.2 Å². The number of pyridine rings is 1. The molecule has 0 bridgehead atoms. The molecule has 3 heterocycles. The fourth-order valence-electron chi connectivity index (χ4n) is 3.58. The average Bonchev–Trinajstić information content (AvgIpc) is 3.25. The first-order valence-corrected chi connectivity index (χ1v) is 10.0. The van der Waals surface area contributed by atoms with Crippen LogP contribution in [0, 0.1) is 12.8 Å². The highest BCUT2D eigenvalue weighted by Crippen LogP contribution is 2.31. The van der Waals surface area contributed by atoms with Gasteiger partial charge < -0.3 is 19.4 Å². The molecule has 0 radical (unpaired) electrons. The summed E-state index contributed by atoms with van der Waals surface area (Å²) in [5.41, 5.74) is 1.64. The Morgan fingerprint density at radius 3 is 2.61 bits per heavy atom. The van der Waals surface area contributed by atoms with Crippen molar-refractivity contribution in [2.45, 2.75) is 19.8 Å². The number of nitrogens with zero attached hydrogens (tertiary/aromatic N) is 4. The second-order valence-corrected chi connectivity index (χ2v) is 7.31. The maximum atomic E-state index is 12.9. The number of anilines is 1. The number of likely N-dealkylation sites (tertiary alicyclic amines) is 1. The molecule has 2 amide bonds. The van der Waals surface area contributed by atoms with E-state index >= 15 is 0 Å². The minimum absolute atomic E-state index is 0.108. The Labute approximate surface area is 179 Å². The molecule has 0 aliphatic carbocycles. The van der Waals surface area contributed by atoms with Crippen molar-refractivity contribution in [3.8, 4) is 17.2 Å². The number of piperidine rings is 1. The normalized spacial score (nSPS) is 14.3. The van der Waals surface area contributed by atoms with Crippen molar-refractivity contribution in [2.75, 3.05) is 25.5 Å². The van der Waals surface area contributed by atoms with Crippen molar-refractivity contribution in [1.82, 2.24) is 20.1 Å². The Hall–Kier alpha value is -3.75. The standard InChI is InChI=1S/C22H23N5O4/c1-14-25-26-21(31-14)16-6-7-19(30-2)18(13-16)24-20(28)15-8-11-27(12-9-15)22(29)17-5-3-4-10-23-17/h3-7,10,13,15H,8-9,11-12H2,1-2H3,(H,24,28). The van der Waals surface area contributed by atoms with Crippen molar-refractivity contribution in [2.24, 2.45) is 5.92 Å². The Balaban J connectivity index is 1.41. The molecule has 2 aromatic heterocycles. The zero-order valence-electron chi connectivity index (χ0n) is 17.4. The molecule has 0 atom stereocenters. The van der Waals surface area contributed by atoms with Crippen molar-refractivity contribution in [1.29, 1.82) is 0 Å². The Morgan fingerprint density at radius 1 is 1.16 bits per heavy atom. The second-order valence-electron chi connectivity index (χ2n) is 7.31. The van der Waals surface area contributed by atoms with Gasteiger partial charge in [0.2, 0.25) is 17.7 Å². The highest BCUT2D eigenvalue weighted by Gasteiger charge is 2.28. The molecule has 0 unspecified atom stereocenters. The third-order valence-corrected chi connectivity index (χ3v) is 5.27. The monoisotopic (exact) mass is 421 g/mol. The Morgan fingerprint density at radius 2 is 1.97 bits per heavy atom. The molecule has 1 fully saturated rings. The first-order valence-electron chi connectivity index (χ1n) is 10.0. The molecule has 1 aliphatic heterocycles. The van der Waals surface area contributed by atoms with Gasteiger partial charge in [-0.25, -0.2) is 0 Å². The van der Waals surface area contributed by atoms with Gasteiger partial charge in [0.15, 0.2) is 0 Å². The van der Waals surface area contributed by atoms with E-state index in [1.807, 2.05) is 0 Å². The summed E-state index contributed by atoms with van der Waals surface area (Å²) >= 11 is 0. The van der Waals surface area contributed by atoms with Crippen LogP contribution in [0.1, 0.15) is 29.2 Å². The number of carbonyl (C=O) groups excluding carboxylic acids is 2. The van der Waals surface area contributed by atoms with E-state index < -0.39 is 0 Å². The molecular formula is C22H23N5O4. The van der Waals surface area contributed by atoms with Gasteiger partial charge in [-0.2, -0.15) is 0 Å². The van der Waals surface area contributed by atoms with Crippen LogP contribution in [0.3, 0.4) is 0 Å². The van der Waals surface area contributed by atoms with Gasteiger partial charge in [0, 0.05) is 37.7 Å². The lowest BCUT2D eigenvalue weighted by molar-refractivity contribution is -0.121. The molecule has 9 heteroatoms. The minimum atomic E-state index is -0.202. The molecule has 3 aromatic rings. The number of nitrogens with one attached hydrogen (secondary N) is 1. The fraction of sp³-hybridized carbons (Fsp3) is 0.318. The topological polar surface area (TPSA) is 110 Å². The maximum absolute atomic E-state index is 12.9. The van der Waals surface area contributed by atoms with Crippen LogP contribution in [0.15, 0.2) is 47.0 Å². The number of rotatable bonds is 5. The molecule has 160 valence electrons. The van der Waals surface area contributed by atoms with Gasteiger partial charge in [-0.1, -0.05) is 6.07 Å². The summed E-state index contributed by atoms with van der Waals surface area (Å²) in [5.74, 6) is 0.953. The third-order valence-electron chi connectivity index (χ3n) is 5.27. The predicted octanol–water partition coefficient (Wildman–Crippen LogP) is 2.94. The zero-order valence-corrected chi connectivity index (χ0v) is 17.4. The van der Waals surface area contributed by atoms with Crippen LogP contribution in [0.25, 0.3) is 11.5 Å². The fourth-order valence-corrected chi connectivity index (χ4v) is 3.58. The average molecular weight is 421 g/mol. The molecule has 0 spiro atoms. The van der Waals surface area contributed by atoms with Gasteiger partial charge in [0.25, 0.3) is 5.91 Å². The largest absolute Gasteiger partial charge is 0.495 e.